The summed E-state index contributed by atoms with van der Waals surface area (Å²) in [6.45, 7) is 3.51. The molecule has 1 aromatic carbocycles. The third kappa shape index (κ3) is 3.34. The number of rotatable bonds is 4. The lowest BCUT2D eigenvalue weighted by molar-refractivity contribution is 0.282. The molecule has 1 N–H and O–H groups in total. The maximum Gasteiger partial charge on any atom is 0.00928 e. The summed E-state index contributed by atoms with van der Waals surface area (Å²) in [6.07, 6.45) is 6.77. The quantitative estimate of drug-likeness (QED) is 0.815. The van der Waals surface area contributed by atoms with Gasteiger partial charge in [0.15, 0.2) is 0 Å². The van der Waals surface area contributed by atoms with Crippen LogP contribution >= 0.6 is 0 Å². The molecule has 0 aliphatic heterocycles. The molecule has 0 saturated heterocycles. The fraction of sp³-hybridized carbons (Fsp3) is 0.600. The van der Waals surface area contributed by atoms with E-state index < -0.39 is 0 Å². The molecule has 0 radical (unpaired) electrons. The fourth-order valence-corrected chi connectivity index (χ4v) is 2.67. The van der Waals surface area contributed by atoms with E-state index in [9.17, 15) is 0 Å². The van der Waals surface area contributed by atoms with Crippen LogP contribution in [0.5, 0.6) is 0 Å². The van der Waals surface area contributed by atoms with Crippen molar-refractivity contribution in [2.24, 2.45) is 5.92 Å². The number of hydrogen-bond donors (Lipinski definition) is 1. The lowest BCUT2D eigenvalue weighted by atomic mass is 9.86. The molecule has 1 aliphatic carbocycles. The average Bonchev–Trinajstić information content (AvgIpc) is 2.33. The van der Waals surface area contributed by atoms with Gasteiger partial charge in [-0.1, -0.05) is 50.1 Å². The highest BCUT2D eigenvalue weighted by molar-refractivity contribution is 5.14. The van der Waals surface area contributed by atoms with Crippen molar-refractivity contribution in [1.82, 2.24) is 5.32 Å². The second kappa shape index (κ2) is 6.05. The van der Waals surface area contributed by atoms with Gasteiger partial charge >= 0.3 is 0 Å². The molecule has 2 rings (SSSR count). The van der Waals surface area contributed by atoms with Gasteiger partial charge in [-0.2, -0.15) is 0 Å². The molecule has 2 atom stereocenters. The van der Waals surface area contributed by atoms with Crippen molar-refractivity contribution in [3.63, 3.8) is 0 Å². The van der Waals surface area contributed by atoms with Crippen LogP contribution in [0.25, 0.3) is 0 Å². The first-order chi connectivity index (χ1) is 7.86. The van der Waals surface area contributed by atoms with Gasteiger partial charge in [-0.25, -0.2) is 0 Å². The van der Waals surface area contributed by atoms with Gasteiger partial charge in [-0.15, -0.1) is 0 Å². The van der Waals surface area contributed by atoms with Crippen molar-refractivity contribution in [3.8, 4) is 0 Å². The molecule has 1 saturated carbocycles. The molecule has 1 heteroatoms. The molecule has 0 spiro atoms. The minimum Gasteiger partial charge on any atom is -0.313 e. The lowest BCUT2D eigenvalue weighted by Crippen LogP contribution is -2.38. The van der Waals surface area contributed by atoms with Gasteiger partial charge in [-0.3, -0.25) is 0 Å². The van der Waals surface area contributed by atoms with Crippen LogP contribution in [0.4, 0.5) is 0 Å². The monoisotopic (exact) mass is 217 g/mol. The first-order valence-electron chi connectivity index (χ1n) is 6.63. The van der Waals surface area contributed by atoms with Crippen LogP contribution in [0.2, 0.25) is 0 Å². The molecular formula is C15H23N. The molecular weight excluding hydrogens is 194 g/mol. The van der Waals surface area contributed by atoms with E-state index in [1.165, 1.54) is 31.2 Å². The zero-order valence-corrected chi connectivity index (χ0v) is 10.3. The Morgan fingerprint density at radius 3 is 2.62 bits per heavy atom. The Kier molecular flexibility index (Phi) is 4.41. The Labute approximate surface area is 99.3 Å². The molecule has 1 aromatic rings. The van der Waals surface area contributed by atoms with Gasteiger partial charge in [-0.05, 0) is 37.3 Å². The molecule has 1 fully saturated rings. The van der Waals surface area contributed by atoms with E-state index in [-0.39, 0.29) is 0 Å². The minimum absolute atomic E-state index is 0.762. The van der Waals surface area contributed by atoms with Crippen LogP contribution in [0.1, 0.15) is 38.2 Å². The highest BCUT2D eigenvalue weighted by Gasteiger charge is 2.19. The van der Waals surface area contributed by atoms with E-state index in [4.69, 9.17) is 0 Å². The second-order valence-electron chi connectivity index (χ2n) is 5.06. The molecule has 16 heavy (non-hydrogen) atoms. The van der Waals surface area contributed by atoms with Gasteiger partial charge in [0.05, 0.1) is 0 Å². The molecule has 0 heterocycles. The van der Waals surface area contributed by atoms with Gasteiger partial charge in [0.2, 0.25) is 0 Å². The highest BCUT2D eigenvalue weighted by atomic mass is 14.9. The van der Waals surface area contributed by atoms with Gasteiger partial charge in [0, 0.05) is 6.04 Å². The van der Waals surface area contributed by atoms with Gasteiger partial charge < -0.3 is 5.32 Å². The van der Waals surface area contributed by atoms with Crippen molar-refractivity contribution >= 4 is 0 Å². The van der Waals surface area contributed by atoms with Gasteiger partial charge in [0.1, 0.15) is 0 Å². The van der Waals surface area contributed by atoms with Crippen LogP contribution in [0.3, 0.4) is 0 Å². The maximum absolute atomic E-state index is 3.72. The van der Waals surface area contributed by atoms with Crippen LogP contribution in [0, 0.1) is 5.92 Å². The summed E-state index contributed by atoms with van der Waals surface area (Å²) in [5.41, 5.74) is 1.44. The SMILES string of the molecule is CC1CCCC[C@H]1NCCc1ccccc1. The first-order valence-corrected chi connectivity index (χ1v) is 6.63. The van der Waals surface area contributed by atoms with E-state index in [2.05, 4.69) is 42.6 Å². The van der Waals surface area contributed by atoms with E-state index in [0.717, 1.165) is 24.9 Å². The van der Waals surface area contributed by atoms with E-state index in [1.807, 2.05) is 0 Å². The van der Waals surface area contributed by atoms with Crippen molar-refractivity contribution in [3.05, 3.63) is 35.9 Å². The first kappa shape index (κ1) is 11.7. The highest BCUT2D eigenvalue weighted by Crippen LogP contribution is 2.23. The van der Waals surface area contributed by atoms with Crippen LogP contribution < -0.4 is 5.32 Å². The Morgan fingerprint density at radius 2 is 1.88 bits per heavy atom. The predicted molar refractivity (Wildman–Crippen MR) is 69.6 cm³/mol. The molecule has 1 aliphatic rings. The Morgan fingerprint density at radius 1 is 1.12 bits per heavy atom. The third-order valence-corrected chi connectivity index (χ3v) is 3.77. The number of hydrogen-bond acceptors (Lipinski definition) is 1. The summed E-state index contributed by atoms with van der Waals surface area (Å²) in [5.74, 6) is 0.865. The Balaban J connectivity index is 1.71. The zero-order chi connectivity index (χ0) is 11.2. The van der Waals surface area contributed by atoms with Crippen molar-refractivity contribution < 1.29 is 0 Å². The van der Waals surface area contributed by atoms with Crippen LogP contribution in [0.15, 0.2) is 30.3 Å². The third-order valence-electron chi connectivity index (χ3n) is 3.77. The fourth-order valence-electron chi connectivity index (χ4n) is 2.67. The molecule has 1 nitrogen and oxygen atoms in total. The van der Waals surface area contributed by atoms with E-state index >= 15 is 0 Å². The van der Waals surface area contributed by atoms with Gasteiger partial charge in [0.25, 0.3) is 0 Å². The number of benzene rings is 1. The zero-order valence-electron chi connectivity index (χ0n) is 10.3. The van der Waals surface area contributed by atoms with E-state index in [1.54, 1.807) is 0 Å². The summed E-state index contributed by atoms with van der Waals surface area (Å²) >= 11 is 0. The maximum atomic E-state index is 3.72. The Bertz CT molecular complexity index is 294. The van der Waals surface area contributed by atoms with Crippen molar-refractivity contribution in [2.45, 2.75) is 45.1 Å². The normalized spacial score (nSPS) is 25.6. The Hall–Kier alpha value is -0.820. The molecule has 1 unspecified atom stereocenters. The average molecular weight is 217 g/mol. The summed E-state index contributed by atoms with van der Waals surface area (Å²) in [5, 5.41) is 3.72. The largest absolute Gasteiger partial charge is 0.313 e. The van der Waals surface area contributed by atoms with Crippen molar-refractivity contribution in [2.75, 3.05) is 6.54 Å². The summed E-state index contributed by atoms with van der Waals surface area (Å²) < 4.78 is 0. The standard InChI is InChI=1S/C15H23N/c1-13-7-5-6-10-15(13)16-12-11-14-8-3-2-4-9-14/h2-4,8-9,13,15-16H,5-7,10-12H2,1H3/t13?,15-/m1/s1. The van der Waals surface area contributed by atoms with Crippen LogP contribution in [-0.4, -0.2) is 12.6 Å². The minimum atomic E-state index is 0.762. The van der Waals surface area contributed by atoms with E-state index in [0.29, 0.717) is 0 Å². The lowest BCUT2D eigenvalue weighted by Gasteiger charge is -2.29. The molecule has 88 valence electrons. The molecule has 0 bridgehead atoms. The molecule has 0 aromatic heterocycles. The summed E-state index contributed by atoms with van der Waals surface area (Å²) in [4.78, 5) is 0. The molecule has 0 amide bonds. The van der Waals surface area contributed by atoms with Crippen LogP contribution in [-0.2, 0) is 6.42 Å². The predicted octanol–water partition coefficient (Wildman–Crippen LogP) is 3.40. The smallest absolute Gasteiger partial charge is 0.00928 e. The topological polar surface area (TPSA) is 12.0 Å². The summed E-state index contributed by atoms with van der Waals surface area (Å²) in [6, 6.07) is 11.5. The van der Waals surface area contributed by atoms with Crippen molar-refractivity contribution in [1.29, 1.82) is 0 Å². The number of nitrogens with one attached hydrogen (secondary N) is 1. The second-order valence-corrected chi connectivity index (χ2v) is 5.06. The summed E-state index contributed by atoms with van der Waals surface area (Å²) in [7, 11) is 0.